The zero-order valence-electron chi connectivity index (χ0n) is 7.82. The number of hydrogen-bond donors (Lipinski definition) is 2. The highest BCUT2D eigenvalue weighted by Crippen LogP contribution is 2.34. The van der Waals surface area contributed by atoms with E-state index in [0.717, 1.165) is 12.8 Å². The minimum absolute atomic E-state index is 0.170. The maximum Gasteiger partial charge on any atom is 0.305 e. The van der Waals surface area contributed by atoms with Crippen molar-refractivity contribution in [3.8, 4) is 0 Å². The van der Waals surface area contributed by atoms with Crippen molar-refractivity contribution >= 4 is 5.97 Å². The smallest absolute Gasteiger partial charge is 0.305 e. The quantitative estimate of drug-likeness (QED) is 0.682. The van der Waals surface area contributed by atoms with Gasteiger partial charge in [0.1, 0.15) is 0 Å². The van der Waals surface area contributed by atoms with Crippen molar-refractivity contribution in [3.05, 3.63) is 0 Å². The molecule has 1 atom stereocenters. The Balaban J connectivity index is 2.51. The van der Waals surface area contributed by atoms with Gasteiger partial charge in [-0.25, -0.2) is 0 Å². The van der Waals surface area contributed by atoms with Crippen molar-refractivity contribution in [1.82, 2.24) is 0 Å². The molecule has 4 nitrogen and oxygen atoms in total. The molecule has 1 fully saturated rings. The van der Waals surface area contributed by atoms with Gasteiger partial charge in [0.2, 0.25) is 0 Å². The Morgan fingerprint density at radius 2 is 2.08 bits per heavy atom. The molecule has 0 saturated carbocycles. The summed E-state index contributed by atoms with van der Waals surface area (Å²) < 4.78 is 5.16. The molecular weight excluding hydrogens is 172 g/mol. The first-order valence-electron chi connectivity index (χ1n) is 4.52. The van der Waals surface area contributed by atoms with Crippen LogP contribution in [-0.4, -0.2) is 35.5 Å². The van der Waals surface area contributed by atoms with Crippen LogP contribution in [0.4, 0.5) is 0 Å². The first kappa shape index (κ1) is 10.5. The molecule has 2 N–H and O–H groups in total. The Labute approximate surface area is 77.5 Å². The normalized spacial score (nSPS) is 23.8. The fraction of sp³-hybridized carbons (Fsp3) is 0.889. The number of hydrogen-bond acceptors (Lipinski definition) is 3. The van der Waals surface area contributed by atoms with Crippen LogP contribution in [-0.2, 0) is 9.53 Å². The molecule has 1 heterocycles. The minimum Gasteiger partial charge on any atom is -0.481 e. The molecule has 4 heteroatoms. The van der Waals surface area contributed by atoms with E-state index < -0.39 is 12.1 Å². The zero-order chi connectivity index (χ0) is 9.90. The third-order valence-electron chi connectivity index (χ3n) is 2.81. The van der Waals surface area contributed by atoms with Gasteiger partial charge in [-0.05, 0) is 18.3 Å². The van der Waals surface area contributed by atoms with E-state index in [1.165, 1.54) is 0 Å². The Morgan fingerprint density at radius 1 is 1.54 bits per heavy atom. The summed E-state index contributed by atoms with van der Waals surface area (Å²) in [7, 11) is 0. The monoisotopic (exact) mass is 188 g/mol. The van der Waals surface area contributed by atoms with Crippen LogP contribution in [0.2, 0.25) is 0 Å². The first-order chi connectivity index (χ1) is 6.04. The molecule has 0 spiro atoms. The molecule has 0 aromatic carbocycles. The van der Waals surface area contributed by atoms with Gasteiger partial charge >= 0.3 is 5.97 Å². The van der Waals surface area contributed by atoms with Crippen LogP contribution >= 0.6 is 0 Å². The maximum absolute atomic E-state index is 10.4. The van der Waals surface area contributed by atoms with Crippen molar-refractivity contribution < 1.29 is 19.7 Å². The minimum atomic E-state index is -0.944. The third kappa shape index (κ3) is 2.67. The molecule has 76 valence electrons. The average Bonchev–Trinajstić information content (AvgIpc) is 2.04. The highest BCUT2D eigenvalue weighted by atomic mass is 16.5. The first-order valence-corrected chi connectivity index (χ1v) is 4.52. The van der Waals surface area contributed by atoms with Crippen LogP contribution in [0, 0.1) is 5.41 Å². The van der Waals surface area contributed by atoms with E-state index in [4.69, 9.17) is 9.84 Å². The fourth-order valence-electron chi connectivity index (χ4n) is 1.58. The molecule has 0 aromatic heterocycles. The van der Waals surface area contributed by atoms with E-state index >= 15 is 0 Å². The Hall–Kier alpha value is -0.610. The number of rotatable bonds is 3. The summed E-state index contributed by atoms with van der Waals surface area (Å²) in [5, 5.41) is 18.2. The summed E-state index contributed by atoms with van der Waals surface area (Å²) in [6, 6.07) is 0. The maximum atomic E-state index is 10.4. The molecule has 0 amide bonds. The second-order valence-electron chi connectivity index (χ2n) is 3.88. The van der Waals surface area contributed by atoms with Gasteiger partial charge in [0.05, 0.1) is 12.5 Å². The topological polar surface area (TPSA) is 66.8 Å². The Bertz CT molecular complexity index is 184. The molecule has 13 heavy (non-hydrogen) atoms. The summed E-state index contributed by atoms with van der Waals surface area (Å²) >= 11 is 0. The van der Waals surface area contributed by atoms with Crippen LogP contribution in [0.5, 0.6) is 0 Å². The molecule has 1 saturated heterocycles. The van der Waals surface area contributed by atoms with Gasteiger partial charge in [-0.15, -0.1) is 0 Å². The zero-order valence-corrected chi connectivity index (χ0v) is 7.82. The number of aliphatic hydroxyl groups is 1. The lowest BCUT2D eigenvalue weighted by Crippen LogP contribution is -2.39. The predicted molar refractivity (Wildman–Crippen MR) is 46.4 cm³/mol. The summed E-state index contributed by atoms with van der Waals surface area (Å²) in [5.74, 6) is -0.944. The lowest BCUT2D eigenvalue weighted by atomic mass is 9.76. The molecule has 0 aromatic rings. The molecule has 0 bridgehead atoms. The van der Waals surface area contributed by atoms with Gasteiger partial charge < -0.3 is 14.9 Å². The number of carboxylic acid groups (broad SMARTS) is 1. The van der Waals surface area contributed by atoms with E-state index in [2.05, 4.69) is 0 Å². The molecule has 1 aliphatic heterocycles. The summed E-state index contributed by atoms with van der Waals surface area (Å²) in [4.78, 5) is 10.4. The largest absolute Gasteiger partial charge is 0.481 e. The second-order valence-corrected chi connectivity index (χ2v) is 3.88. The summed E-state index contributed by atoms with van der Waals surface area (Å²) in [5.41, 5.74) is -0.281. The van der Waals surface area contributed by atoms with E-state index in [1.807, 2.05) is 6.92 Å². The van der Waals surface area contributed by atoms with Crippen LogP contribution in [0.15, 0.2) is 0 Å². The molecule has 1 aliphatic rings. The number of aliphatic hydroxyl groups excluding tert-OH is 1. The van der Waals surface area contributed by atoms with Crippen molar-refractivity contribution in [2.75, 3.05) is 13.2 Å². The molecule has 1 unspecified atom stereocenters. The number of carboxylic acids is 1. The van der Waals surface area contributed by atoms with E-state index in [9.17, 15) is 9.90 Å². The SMILES string of the molecule is CC1(C(O)CC(=O)O)CCOCC1. The van der Waals surface area contributed by atoms with E-state index in [1.54, 1.807) is 0 Å². The lowest BCUT2D eigenvalue weighted by molar-refractivity contribution is -0.143. The van der Waals surface area contributed by atoms with E-state index in [0.29, 0.717) is 13.2 Å². The highest BCUT2D eigenvalue weighted by molar-refractivity contribution is 5.67. The number of ether oxygens (including phenoxy) is 1. The van der Waals surface area contributed by atoms with Crippen molar-refractivity contribution in [2.45, 2.75) is 32.3 Å². The van der Waals surface area contributed by atoms with Crippen LogP contribution in [0.1, 0.15) is 26.2 Å². The number of aliphatic carboxylic acids is 1. The summed E-state index contributed by atoms with van der Waals surface area (Å²) in [6.45, 7) is 3.16. The summed E-state index contributed by atoms with van der Waals surface area (Å²) in [6.07, 6.45) is 0.549. The Kier molecular flexibility index (Phi) is 3.27. The van der Waals surface area contributed by atoms with Crippen LogP contribution < -0.4 is 0 Å². The van der Waals surface area contributed by atoms with Crippen LogP contribution in [0.25, 0.3) is 0 Å². The molecule has 0 aliphatic carbocycles. The average molecular weight is 188 g/mol. The lowest BCUT2D eigenvalue weighted by Gasteiger charge is -2.37. The van der Waals surface area contributed by atoms with Crippen molar-refractivity contribution in [1.29, 1.82) is 0 Å². The van der Waals surface area contributed by atoms with Crippen molar-refractivity contribution in [2.24, 2.45) is 5.41 Å². The number of carbonyl (C=O) groups is 1. The van der Waals surface area contributed by atoms with Crippen molar-refractivity contribution in [3.63, 3.8) is 0 Å². The standard InChI is InChI=1S/C9H16O4/c1-9(2-4-13-5-3-9)7(10)6-8(11)12/h7,10H,2-6H2,1H3,(H,11,12). The molecule has 1 rings (SSSR count). The second kappa shape index (κ2) is 4.07. The van der Waals surface area contributed by atoms with Gasteiger partial charge in [0, 0.05) is 13.2 Å². The van der Waals surface area contributed by atoms with Gasteiger partial charge in [-0.3, -0.25) is 4.79 Å². The van der Waals surface area contributed by atoms with Gasteiger partial charge in [-0.1, -0.05) is 6.92 Å². The molecule has 0 radical (unpaired) electrons. The molecular formula is C9H16O4. The predicted octanol–water partition coefficient (Wildman–Crippen LogP) is 0.639. The Morgan fingerprint density at radius 3 is 2.54 bits per heavy atom. The third-order valence-corrected chi connectivity index (χ3v) is 2.81. The van der Waals surface area contributed by atoms with Crippen LogP contribution in [0.3, 0.4) is 0 Å². The fourth-order valence-corrected chi connectivity index (χ4v) is 1.58. The van der Waals surface area contributed by atoms with Gasteiger partial charge in [-0.2, -0.15) is 0 Å². The van der Waals surface area contributed by atoms with E-state index in [-0.39, 0.29) is 11.8 Å². The highest BCUT2D eigenvalue weighted by Gasteiger charge is 2.35. The van der Waals surface area contributed by atoms with Gasteiger partial charge in [0.25, 0.3) is 0 Å². The van der Waals surface area contributed by atoms with Gasteiger partial charge in [0.15, 0.2) is 0 Å².